The van der Waals surface area contributed by atoms with Crippen molar-refractivity contribution < 1.29 is 9.18 Å². The van der Waals surface area contributed by atoms with Crippen molar-refractivity contribution in [3.8, 4) is 11.3 Å². The molecule has 4 rings (SSSR count). The van der Waals surface area contributed by atoms with Crippen LogP contribution in [0.5, 0.6) is 0 Å². The molecule has 0 unspecified atom stereocenters. The fourth-order valence-corrected chi connectivity index (χ4v) is 3.97. The van der Waals surface area contributed by atoms with Gasteiger partial charge >= 0.3 is 6.03 Å². The summed E-state index contributed by atoms with van der Waals surface area (Å²) in [7, 11) is 2.11. The third-order valence-corrected chi connectivity index (χ3v) is 6.09. The van der Waals surface area contributed by atoms with E-state index in [1.165, 1.54) is 18.2 Å². The van der Waals surface area contributed by atoms with E-state index in [0.717, 1.165) is 25.9 Å². The first-order chi connectivity index (χ1) is 16.4. The molecule has 2 amide bonds. The van der Waals surface area contributed by atoms with Crippen molar-refractivity contribution in [2.24, 2.45) is 5.92 Å². The Bertz CT molecular complexity index is 1170. The molecule has 0 spiro atoms. The van der Waals surface area contributed by atoms with Crippen molar-refractivity contribution >= 4 is 34.8 Å². The first-order valence-corrected chi connectivity index (χ1v) is 11.5. The topological polar surface area (TPSA) is 95.1 Å². The number of nitrogens with one attached hydrogen (secondary N) is 3. The van der Waals surface area contributed by atoms with E-state index >= 15 is 0 Å². The number of nitrogens with zero attached hydrogens (tertiary/aromatic N) is 4. The lowest BCUT2D eigenvalue weighted by Crippen LogP contribution is -2.38. The minimum atomic E-state index is -0.435. The van der Waals surface area contributed by atoms with Gasteiger partial charge in [0.05, 0.1) is 17.1 Å². The predicted molar refractivity (Wildman–Crippen MR) is 132 cm³/mol. The second-order valence-electron chi connectivity index (χ2n) is 8.49. The number of hydrogen-bond acceptors (Lipinski definition) is 6. The largest absolute Gasteiger partial charge is 0.354 e. The van der Waals surface area contributed by atoms with Crippen LogP contribution in [0, 0.1) is 18.7 Å². The van der Waals surface area contributed by atoms with Gasteiger partial charge in [-0.2, -0.15) is 10.2 Å². The number of amides is 2. The van der Waals surface area contributed by atoms with Crippen molar-refractivity contribution in [3.05, 3.63) is 59.1 Å². The van der Waals surface area contributed by atoms with Crippen molar-refractivity contribution in [2.75, 3.05) is 37.3 Å². The molecule has 10 heteroatoms. The number of aryl methyl sites for hydroxylation is 1. The Morgan fingerprint density at radius 3 is 2.76 bits per heavy atom. The van der Waals surface area contributed by atoms with Gasteiger partial charge in [-0.3, -0.25) is 5.32 Å². The lowest BCUT2D eigenvalue weighted by Gasteiger charge is -2.28. The lowest BCUT2D eigenvalue weighted by atomic mass is 9.97. The second-order valence-corrected chi connectivity index (χ2v) is 8.93. The van der Waals surface area contributed by atoms with Gasteiger partial charge in [-0.25, -0.2) is 14.2 Å². The van der Waals surface area contributed by atoms with Crippen LogP contribution in [0.2, 0.25) is 5.02 Å². The molecule has 1 aliphatic heterocycles. The van der Waals surface area contributed by atoms with Crippen molar-refractivity contribution in [1.29, 1.82) is 0 Å². The van der Waals surface area contributed by atoms with Gasteiger partial charge in [-0.15, -0.1) is 0 Å². The summed E-state index contributed by atoms with van der Waals surface area (Å²) in [5.74, 6) is 0.463. The molecule has 3 aromatic rings. The van der Waals surface area contributed by atoms with Gasteiger partial charge in [0, 0.05) is 35.1 Å². The standard InChI is InChI=1S/C24H27ClFN7O/c1-15-21(13-22(32-31-15)19-11-17(25)3-4-20(19)26)29-18-5-8-27-23(12-18)30-24(34)28-14-16-6-9-33(2)10-7-16/h3-5,8,11-13,16H,6-7,9-10,14H2,1-2H3,(H3,27,28,29,30,32,34). The molecule has 0 atom stereocenters. The molecule has 0 bridgehead atoms. The first-order valence-electron chi connectivity index (χ1n) is 11.1. The van der Waals surface area contributed by atoms with E-state index in [-0.39, 0.29) is 11.6 Å². The molecule has 1 fully saturated rings. The number of benzene rings is 1. The lowest BCUT2D eigenvalue weighted by molar-refractivity contribution is 0.213. The third kappa shape index (κ3) is 6.18. The Morgan fingerprint density at radius 1 is 1.18 bits per heavy atom. The number of hydrogen-bond donors (Lipinski definition) is 3. The molecule has 0 aliphatic carbocycles. The number of piperidine rings is 1. The molecular weight excluding hydrogens is 457 g/mol. The number of anilines is 3. The summed E-state index contributed by atoms with van der Waals surface area (Å²) in [6.45, 7) is 4.54. The molecule has 2 aromatic heterocycles. The summed E-state index contributed by atoms with van der Waals surface area (Å²) in [5.41, 5.74) is 2.59. The number of carbonyl (C=O) groups is 1. The molecule has 8 nitrogen and oxygen atoms in total. The predicted octanol–water partition coefficient (Wildman–Crippen LogP) is 4.85. The van der Waals surface area contributed by atoms with Gasteiger partial charge in [-0.1, -0.05) is 11.6 Å². The zero-order chi connectivity index (χ0) is 24.1. The van der Waals surface area contributed by atoms with Crippen molar-refractivity contribution in [2.45, 2.75) is 19.8 Å². The Kier molecular flexibility index (Phi) is 7.54. The van der Waals surface area contributed by atoms with Crippen LogP contribution in [0.1, 0.15) is 18.5 Å². The Balaban J connectivity index is 1.41. The number of carbonyl (C=O) groups excluding carboxylic acids is 1. The van der Waals surface area contributed by atoms with Crippen LogP contribution in [0.15, 0.2) is 42.6 Å². The van der Waals surface area contributed by atoms with Crippen LogP contribution in [0.3, 0.4) is 0 Å². The zero-order valence-electron chi connectivity index (χ0n) is 19.1. The molecule has 34 heavy (non-hydrogen) atoms. The average molecular weight is 484 g/mol. The van der Waals surface area contributed by atoms with Crippen LogP contribution in [-0.2, 0) is 0 Å². The van der Waals surface area contributed by atoms with Crippen LogP contribution in [0.25, 0.3) is 11.3 Å². The molecule has 1 aliphatic rings. The number of rotatable bonds is 6. The van der Waals surface area contributed by atoms with Crippen LogP contribution < -0.4 is 16.0 Å². The SMILES string of the molecule is Cc1nnc(-c2cc(Cl)ccc2F)cc1Nc1ccnc(NC(=O)NCC2CCN(C)CC2)c1. The summed E-state index contributed by atoms with van der Waals surface area (Å²) in [4.78, 5) is 18.9. The number of aromatic nitrogens is 3. The Labute approximate surface area is 202 Å². The van der Waals surface area contributed by atoms with Gasteiger partial charge in [0.2, 0.25) is 0 Å². The quantitative estimate of drug-likeness (QED) is 0.464. The van der Waals surface area contributed by atoms with Gasteiger partial charge in [0.15, 0.2) is 0 Å². The minimum absolute atomic E-state index is 0.265. The molecule has 0 radical (unpaired) electrons. The fourth-order valence-electron chi connectivity index (χ4n) is 3.80. The second kappa shape index (κ2) is 10.8. The smallest absolute Gasteiger partial charge is 0.320 e. The van der Waals surface area contributed by atoms with E-state index in [4.69, 9.17) is 11.6 Å². The van der Waals surface area contributed by atoms with Gasteiger partial charge in [0.1, 0.15) is 11.6 Å². The van der Waals surface area contributed by atoms with Gasteiger partial charge < -0.3 is 15.5 Å². The maximum Gasteiger partial charge on any atom is 0.320 e. The van der Waals surface area contributed by atoms with E-state index in [9.17, 15) is 9.18 Å². The van der Waals surface area contributed by atoms with Crippen LogP contribution >= 0.6 is 11.6 Å². The maximum absolute atomic E-state index is 14.3. The van der Waals surface area contributed by atoms with Crippen LogP contribution in [-0.4, -0.2) is 52.8 Å². The normalized spacial score (nSPS) is 14.6. The first kappa shape index (κ1) is 23.8. The summed E-state index contributed by atoms with van der Waals surface area (Å²) < 4.78 is 14.3. The highest BCUT2D eigenvalue weighted by Gasteiger charge is 2.17. The highest BCUT2D eigenvalue weighted by Crippen LogP contribution is 2.28. The van der Waals surface area contributed by atoms with Crippen molar-refractivity contribution in [3.63, 3.8) is 0 Å². The van der Waals surface area contributed by atoms with Crippen molar-refractivity contribution in [1.82, 2.24) is 25.4 Å². The molecule has 3 heterocycles. The fraction of sp³-hybridized carbons (Fsp3) is 0.333. The zero-order valence-corrected chi connectivity index (χ0v) is 19.9. The molecule has 3 N–H and O–H groups in total. The minimum Gasteiger partial charge on any atom is -0.354 e. The highest BCUT2D eigenvalue weighted by atomic mass is 35.5. The summed E-state index contributed by atoms with van der Waals surface area (Å²) in [5, 5.41) is 17.6. The number of likely N-dealkylation sites (tertiary alicyclic amines) is 1. The number of halogens is 2. The van der Waals surface area contributed by atoms with Gasteiger partial charge in [0.25, 0.3) is 0 Å². The molecule has 178 valence electrons. The Morgan fingerprint density at radius 2 is 1.97 bits per heavy atom. The van der Waals surface area contributed by atoms with E-state index in [2.05, 4.69) is 43.1 Å². The monoisotopic (exact) mass is 483 g/mol. The summed E-state index contributed by atoms with van der Waals surface area (Å²) >= 11 is 6.02. The maximum atomic E-state index is 14.3. The molecular formula is C24H27ClFN7O. The van der Waals surface area contributed by atoms with E-state index in [0.29, 0.717) is 46.1 Å². The number of pyridine rings is 1. The van der Waals surface area contributed by atoms with E-state index < -0.39 is 5.82 Å². The molecule has 0 saturated carbocycles. The summed E-state index contributed by atoms with van der Waals surface area (Å²) in [6.07, 6.45) is 3.75. The van der Waals surface area contributed by atoms with E-state index in [1.807, 2.05) is 0 Å². The van der Waals surface area contributed by atoms with E-state index in [1.54, 1.807) is 31.3 Å². The molecule has 1 saturated heterocycles. The average Bonchev–Trinajstić information content (AvgIpc) is 2.82. The molecule has 1 aromatic carbocycles. The summed E-state index contributed by atoms with van der Waals surface area (Å²) in [6, 6.07) is 9.19. The van der Waals surface area contributed by atoms with Gasteiger partial charge in [-0.05, 0) is 76.2 Å². The van der Waals surface area contributed by atoms with Crippen LogP contribution in [0.4, 0.5) is 26.4 Å². The third-order valence-electron chi connectivity index (χ3n) is 5.85. The Hall–Kier alpha value is -3.30. The number of urea groups is 1. The highest BCUT2D eigenvalue weighted by molar-refractivity contribution is 6.30.